The van der Waals surface area contributed by atoms with Crippen molar-refractivity contribution in [2.24, 2.45) is 5.73 Å². The Morgan fingerprint density at radius 1 is 1.19 bits per heavy atom. The van der Waals surface area contributed by atoms with Gasteiger partial charge < -0.3 is 20.6 Å². The van der Waals surface area contributed by atoms with Gasteiger partial charge in [-0.05, 0) is 25.1 Å². The summed E-state index contributed by atoms with van der Waals surface area (Å²) in [4.78, 5) is 34.7. The minimum atomic E-state index is -4.95. The second-order valence-electron chi connectivity index (χ2n) is 7.57. The van der Waals surface area contributed by atoms with Crippen LogP contribution in [0.15, 0.2) is 41.5 Å². The van der Waals surface area contributed by atoms with Gasteiger partial charge in [0.05, 0.1) is 34.3 Å². The summed E-state index contributed by atoms with van der Waals surface area (Å²) in [5, 5.41) is 9.68. The van der Waals surface area contributed by atoms with Crippen LogP contribution in [0.2, 0.25) is 0 Å². The molecular weight excluding hydrogens is 491 g/mol. The molecule has 4 rings (SSSR count). The van der Waals surface area contributed by atoms with Crippen LogP contribution in [0.3, 0.4) is 0 Å². The lowest BCUT2D eigenvalue weighted by molar-refractivity contribution is -0.138. The fourth-order valence-electron chi connectivity index (χ4n) is 3.66. The topological polar surface area (TPSA) is 131 Å². The van der Waals surface area contributed by atoms with E-state index in [-0.39, 0.29) is 33.6 Å². The minimum Gasteiger partial charge on any atom is -0.438 e. The summed E-state index contributed by atoms with van der Waals surface area (Å²) in [5.41, 5.74) is 1.02. The van der Waals surface area contributed by atoms with Crippen LogP contribution in [0, 0.1) is 18.6 Å². The van der Waals surface area contributed by atoms with Crippen molar-refractivity contribution >= 4 is 16.8 Å². The van der Waals surface area contributed by atoms with Crippen molar-refractivity contribution in [1.29, 1.82) is 0 Å². The molecule has 0 aliphatic rings. The molecule has 0 bridgehead atoms. The lowest BCUT2D eigenvalue weighted by Gasteiger charge is -2.19. The second-order valence-corrected chi connectivity index (χ2v) is 7.57. The number of primary amides is 1. The molecule has 8 nitrogen and oxygen atoms in total. The van der Waals surface area contributed by atoms with Crippen molar-refractivity contribution in [3.8, 4) is 22.9 Å². The smallest absolute Gasteiger partial charge is 0.418 e. The van der Waals surface area contributed by atoms with Gasteiger partial charge in [0.2, 0.25) is 5.88 Å². The highest BCUT2D eigenvalue weighted by Crippen LogP contribution is 2.41. The number of pyridine rings is 3. The number of fused-ring (bicyclic) bond motifs is 1. The molecule has 3 aromatic heterocycles. The number of hydrogen-bond donors (Lipinski definition) is 3. The van der Waals surface area contributed by atoms with Crippen LogP contribution >= 0.6 is 0 Å². The SMILES string of the molecule is Cc1c(Oc2ncc(C(F)(F)F)c(CO)c2-c2cc(=O)c3c(C(N)=O)nccc3[nH]2)ccc(F)c1F. The van der Waals surface area contributed by atoms with E-state index in [1.54, 1.807) is 0 Å². The number of rotatable bonds is 5. The molecule has 1 amide bonds. The van der Waals surface area contributed by atoms with Gasteiger partial charge >= 0.3 is 6.18 Å². The minimum absolute atomic E-state index is 0.00226. The van der Waals surface area contributed by atoms with Gasteiger partial charge in [0.25, 0.3) is 5.91 Å². The molecule has 0 saturated carbocycles. The first-order valence-corrected chi connectivity index (χ1v) is 10.1. The molecule has 0 saturated heterocycles. The Kier molecular flexibility index (Phi) is 6.18. The molecule has 0 aliphatic heterocycles. The van der Waals surface area contributed by atoms with Gasteiger partial charge in [-0.25, -0.2) is 13.8 Å². The number of hydrogen-bond acceptors (Lipinski definition) is 6. The predicted octanol–water partition coefficient (Wildman–Crippen LogP) is 3.97. The highest BCUT2D eigenvalue weighted by Gasteiger charge is 2.36. The largest absolute Gasteiger partial charge is 0.438 e. The first-order chi connectivity index (χ1) is 16.9. The van der Waals surface area contributed by atoms with E-state index in [0.29, 0.717) is 6.20 Å². The average Bonchev–Trinajstić information content (AvgIpc) is 2.82. The molecule has 1 aromatic carbocycles. The molecular formula is C23H15F5N4O4. The van der Waals surface area contributed by atoms with E-state index in [4.69, 9.17) is 10.5 Å². The number of nitrogens with two attached hydrogens (primary N) is 1. The van der Waals surface area contributed by atoms with E-state index >= 15 is 0 Å². The summed E-state index contributed by atoms with van der Waals surface area (Å²) in [5.74, 6) is -4.23. The van der Waals surface area contributed by atoms with Crippen molar-refractivity contribution in [2.75, 3.05) is 0 Å². The molecule has 0 aliphatic carbocycles. The van der Waals surface area contributed by atoms with Gasteiger partial charge in [-0.3, -0.25) is 14.6 Å². The molecule has 0 fully saturated rings. The normalized spacial score (nSPS) is 11.6. The number of carbonyl (C=O) groups is 1. The average molecular weight is 506 g/mol. The van der Waals surface area contributed by atoms with Crippen LogP contribution in [-0.2, 0) is 12.8 Å². The summed E-state index contributed by atoms with van der Waals surface area (Å²) < 4.78 is 74.3. The first-order valence-electron chi connectivity index (χ1n) is 10.1. The Hall–Kier alpha value is -4.39. The number of benzene rings is 1. The summed E-state index contributed by atoms with van der Waals surface area (Å²) in [7, 11) is 0. The maximum atomic E-state index is 14.1. The molecule has 0 spiro atoms. The maximum Gasteiger partial charge on any atom is 0.418 e. The third-order valence-electron chi connectivity index (χ3n) is 5.36. The molecule has 0 atom stereocenters. The number of H-pyrrole nitrogens is 1. The number of nitrogens with zero attached hydrogens (tertiary/aromatic N) is 2. The standard InChI is InChI=1S/C23H15F5N4O4/c1-9-16(3-2-12(24)19(9)25)36-22-17(10(8-33)11(7-31-22)23(26,27)28)14-6-15(34)18-13(32-14)4-5-30-20(18)21(29)35/h2-7,33H,8H2,1H3,(H2,29,35)(H,32,34). The number of aromatic nitrogens is 3. The number of aromatic amines is 1. The Balaban J connectivity index is 2.04. The molecule has 4 N–H and O–H groups in total. The van der Waals surface area contributed by atoms with Gasteiger partial charge in [-0.15, -0.1) is 0 Å². The van der Waals surface area contributed by atoms with Gasteiger partial charge in [-0.2, -0.15) is 13.2 Å². The van der Waals surface area contributed by atoms with E-state index in [0.717, 1.165) is 24.4 Å². The van der Waals surface area contributed by atoms with Crippen LogP contribution < -0.4 is 15.9 Å². The van der Waals surface area contributed by atoms with Crippen LogP contribution in [0.4, 0.5) is 22.0 Å². The zero-order valence-electron chi connectivity index (χ0n) is 18.2. The predicted molar refractivity (Wildman–Crippen MR) is 116 cm³/mol. The van der Waals surface area contributed by atoms with E-state index in [1.165, 1.54) is 13.0 Å². The van der Waals surface area contributed by atoms with Crippen molar-refractivity contribution in [3.63, 3.8) is 0 Å². The number of aliphatic hydroxyl groups excluding tert-OH is 1. The van der Waals surface area contributed by atoms with Crippen molar-refractivity contribution in [3.05, 3.63) is 80.9 Å². The fourth-order valence-corrected chi connectivity index (χ4v) is 3.66. The lowest BCUT2D eigenvalue weighted by atomic mass is 10.00. The first kappa shape index (κ1) is 24.7. The van der Waals surface area contributed by atoms with E-state index in [2.05, 4.69) is 15.0 Å². The molecule has 0 unspecified atom stereocenters. The zero-order chi connectivity index (χ0) is 26.4. The highest BCUT2D eigenvalue weighted by atomic mass is 19.4. The number of alkyl halides is 3. The van der Waals surface area contributed by atoms with Gasteiger partial charge in [0.1, 0.15) is 11.4 Å². The third kappa shape index (κ3) is 4.24. The van der Waals surface area contributed by atoms with Crippen LogP contribution in [0.5, 0.6) is 11.6 Å². The number of halogens is 5. The second kappa shape index (κ2) is 9.00. The van der Waals surface area contributed by atoms with Gasteiger partial charge in [0.15, 0.2) is 17.1 Å². The van der Waals surface area contributed by atoms with Crippen molar-refractivity contribution in [2.45, 2.75) is 19.7 Å². The molecule has 3 heterocycles. The summed E-state index contributed by atoms with van der Waals surface area (Å²) in [6.07, 6.45) is -3.38. The Bertz CT molecular complexity index is 1580. The van der Waals surface area contributed by atoms with Crippen LogP contribution in [-0.4, -0.2) is 26.0 Å². The summed E-state index contributed by atoms with van der Waals surface area (Å²) >= 11 is 0. The molecule has 186 valence electrons. The van der Waals surface area contributed by atoms with Crippen LogP contribution in [0.1, 0.15) is 27.2 Å². The number of nitrogens with one attached hydrogen (secondary N) is 1. The summed E-state index contributed by atoms with van der Waals surface area (Å²) in [6, 6.07) is 3.94. The lowest BCUT2D eigenvalue weighted by Crippen LogP contribution is -2.18. The number of ether oxygens (including phenoxy) is 1. The summed E-state index contributed by atoms with van der Waals surface area (Å²) in [6.45, 7) is 0.0312. The highest BCUT2D eigenvalue weighted by molar-refractivity contribution is 6.03. The van der Waals surface area contributed by atoms with Crippen LogP contribution in [0.25, 0.3) is 22.2 Å². The Labute approximate surface area is 198 Å². The zero-order valence-corrected chi connectivity index (χ0v) is 18.2. The van der Waals surface area contributed by atoms with Crippen molar-refractivity contribution in [1.82, 2.24) is 15.0 Å². The van der Waals surface area contributed by atoms with Crippen molar-refractivity contribution < 1.29 is 36.6 Å². The monoisotopic (exact) mass is 506 g/mol. The van der Waals surface area contributed by atoms with E-state index in [1.807, 2.05) is 0 Å². The maximum absolute atomic E-state index is 14.1. The van der Waals surface area contributed by atoms with E-state index in [9.17, 15) is 36.6 Å². The Morgan fingerprint density at radius 3 is 2.56 bits per heavy atom. The third-order valence-corrected chi connectivity index (χ3v) is 5.36. The molecule has 0 radical (unpaired) electrons. The number of amides is 1. The quantitative estimate of drug-likeness (QED) is 0.351. The number of aliphatic hydroxyl groups is 1. The molecule has 13 heteroatoms. The van der Waals surface area contributed by atoms with Gasteiger partial charge in [0, 0.05) is 29.6 Å². The number of carbonyl (C=O) groups excluding carboxylic acids is 1. The molecule has 4 aromatic rings. The van der Waals surface area contributed by atoms with Gasteiger partial charge in [-0.1, -0.05) is 0 Å². The molecule has 36 heavy (non-hydrogen) atoms. The Morgan fingerprint density at radius 2 is 1.92 bits per heavy atom. The van der Waals surface area contributed by atoms with E-state index < -0.39 is 58.3 Å². The fraction of sp³-hybridized carbons (Fsp3) is 0.130.